The first-order valence-corrected chi connectivity index (χ1v) is 5.47. The molecule has 0 saturated carbocycles. The summed E-state index contributed by atoms with van der Waals surface area (Å²) in [6, 6.07) is 6.43. The van der Waals surface area contributed by atoms with Crippen molar-refractivity contribution >= 4 is 23.3 Å². The van der Waals surface area contributed by atoms with Gasteiger partial charge in [0, 0.05) is 11.8 Å². The summed E-state index contributed by atoms with van der Waals surface area (Å²) in [7, 11) is 0. The third kappa shape index (κ3) is 1.64. The first-order chi connectivity index (χ1) is 8.25. The second-order valence-electron chi connectivity index (χ2n) is 3.67. The summed E-state index contributed by atoms with van der Waals surface area (Å²) in [6.07, 6.45) is 3.34. The topological polar surface area (TPSA) is 44.5 Å². The number of nitrogens with zero attached hydrogens (tertiary/aromatic N) is 1. The number of aromatic nitrogens is 3. The van der Waals surface area contributed by atoms with Crippen LogP contribution in [0.4, 0.5) is 4.39 Å². The molecule has 0 aliphatic heterocycles. The number of fused-ring (bicyclic) bond motifs is 1. The molecule has 0 atom stereocenters. The van der Waals surface area contributed by atoms with E-state index in [0.29, 0.717) is 4.64 Å². The van der Waals surface area contributed by atoms with Crippen LogP contribution in [0.1, 0.15) is 0 Å². The molecule has 0 unspecified atom stereocenters. The van der Waals surface area contributed by atoms with E-state index in [4.69, 9.17) is 12.2 Å². The van der Waals surface area contributed by atoms with Crippen molar-refractivity contribution in [3.05, 3.63) is 47.2 Å². The van der Waals surface area contributed by atoms with Gasteiger partial charge in [0.25, 0.3) is 0 Å². The maximum absolute atomic E-state index is 13.2. The van der Waals surface area contributed by atoms with Crippen LogP contribution in [0.15, 0.2) is 36.8 Å². The smallest absolute Gasteiger partial charge is 0.153 e. The zero-order valence-corrected chi connectivity index (χ0v) is 9.51. The number of aromatic amines is 2. The van der Waals surface area contributed by atoms with Gasteiger partial charge < -0.3 is 9.97 Å². The van der Waals surface area contributed by atoms with E-state index in [-0.39, 0.29) is 5.82 Å². The Morgan fingerprint density at radius 1 is 1.18 bits per heavy atom. The summed E-state index contributed by atoms with van der Waals surface area (Å²) in [5.41, 5.74) is 3.29. The average Bonchev–Trinajstić information content (AvgIpc) is 2.74. The predicted molar refractivity (Wildman–Crippen MR) is 66.7 cm³/mol. The Morgan fingerprint density at radius 2 is 2.06 bits per heavy atom. The molecule has 0 bridgehead atoms. The van der Waals surface area contributed by atoms with Gasteiger partial charge in [-0.1, -0.05) is 24.4 Å². The van der Waals surface area contributed by atoms with Gasteiger partial charge in [0.1, 0.15) is 11.3 Å². The number of hydrogen-bond donors (Lipinski definition) is 2. The predicted octanol–water partition coefficient (Wildman–Crippen LogP) is 3.43. The van der Waals surface area contributed by atoms with Crippen LogP contribution in [0.5, 0.6) is 0 Å². The lowest BCUT2D eigenvalue weighted by atomic mass is 10.1. The highest BCUT2D eigenvalue weighted by Gasteiger charge is 2.08. The minimum Gasteiger partial charge on any atom is -0.357 e. The lowest BCUT2D eigenvalue weighted by Gasteiger charge is -1.99. The Labute approximate surface area is 101 Å². The Bertz CT molecular complexity index is 745. The molecule has 3 aromatic rings. The molecule has 2 N–H and O–H groups in total. The molecule has 0 saturated heterocycles. The quantitative estimate of drug-likeness (QED) is 0.645. The summed E-state index contributed by atoms with van der Waals surface area (Å²) in [5.74, 6) is -0.260. The van der Waals surface area contributed by atoms with Crippen molar-refractivity contribution in [3.63, 3.8) is 0 Å². The minimum atomic E-state index is -0.260. The molecule has 3 nitrogen and oxygen atoms in total. The summed E-state index contributed by atoms with van der Waals surface area (Å²) < 4.78 is 13.7. The molecule has 0 amide bonds. The highest BCUT2D eigenvalue weighted by Crippen LogP contribution is 2.27. The maximum atomic E-state index is 13.2. The normalized spacial score (nSPS) is 10.9. The standard InChI is InChI=1S/C12H8FN3S/c13-8-3-1-2-7(4-8)9-5-14-11-10(9)15-6-16-12(11)17/h1-6,14H,(H,15,16,17). The number of hydrogen-bond acceptors (Lipinski definition) is 2. The molecule has 17 heavy (non-hydrogen) atoms. The first kappa shape index (κ1) is 10.2. The van der Waals surface area contributed by atoms with Gasteiger partial charge in [0.05, 0.1) is 11.8 Å². The minimum absolute atomic E-state index is 0.260. The molecule has 2 heterocycles. The maximum Gasteiger partial charge on any atom is 0.153 e. The van der Waals surface area contributed by atoms with E-state index >= 15 is 0 Å². The summed E-state index contributed by atoms with van der Waals surface area (Å²) in [4.78, 5) is 10.1. The third-order valence-corrected chi connectivity index (χ3v) is 2.93. The van der Waals surface area contributed by atoms with Crippen LogP contribution in [-0.2, 0) is 0 Å². The van der Waals surface area contributed by atoms with Crippen molar-refractivity contribution in [2.24, 2.45) is 0 Å². The molecule has 84 valence electrons. The molecular weight excluding hydrogens is 237 g/mol. The molecule has 1 aromatic carbocycles. The lowest BCUT2D eigenvalue weighted by Crippen LogP contribution is -1.83. The fraction of sp³-hybridized carbons (Fsp3) is 0. The second-order valence-corrected chi connectivity index (χ2v) is 4.06. The van der Waals surface area contributed by atoms with E-state index < -0.39 is 0 Å². The van der Waals surface area contributed by atoms with Crippen molar-refractivity contribution in [2.45, 2.75) is 0 Å². The molecule has 0 radical (unpaired) electrons. The van der Waals surface area contributed by atoms with E-state index in [1.165, 1.54) is 12.1 Å². The molecule has 0 spiro atoms. The van der Waals surface area contributed by atoms with Gasteiger partial charge >= 0.3 is 0 Å². The third-order valence-electron chi connectivity index (χ3n) is 2.62. The van der Waals surface area contributed by atoms with E-state index in [9.17, 15) is 4.39 Å². The number of H-pyrrole nitrogens is 2. The van der Waals surface area contributed by atoms with Gasteiger partial charge in [-0.2, -0.15) is 0 Å². The van der Waals surface area contributed by atoms with Gasteiger partial charge in [-0.15, -0.1) is 0 Å². The average molecular weight is 245 g/mol. The van der Waals surface area contributed by atoms with Gasteiger partial charge in [-0.3, -0.25) is 0 Å². The fourth-order valence-corrected chi connectivity index (χ4v) is 2.06. The van der Waals surface area contributed by atoms with E-state index in [1.807, 2.05) is 6.07 Å². The SMILES string of the molecule is Fc1cccc(-c2c[nH]c3c(=S)nc[nH]c23)c1. The Kier molecular flexibility index (Phi) is 2.26. The van der Waals surface area contributed by atoms with Gasteiger partial charge in [-0.25, -0.2) is 9.37 Å². The van der Waals surface area contributed by atoms with Crippen molar-refractivity contribution in [2.75, 3.05) is 0 Å². The number of rotatable bonds is 1. The Balaban J connectivity index is 2.32. The van der Waals surface area contributed by atoms with Crippen molar-refractivity contribution in [3.8, 4) is 11.1 Å². The number of nitrogens with one attached hydrogen (secondary N) is 2. The van der Waals surface area contributed by atoms with Crippen molar-refractivity contribution < 1.29 is 4.39 Å². The molecule has 0 aliphatic carbocycles. The number of halogens is 1. The van der Waals surface area contributed by atoms with E-state index in [2.05, 4.69) is 15.0 Å². The van der Waals surface area contributed by atoms with Crippen LogP contribution in [0.3, 0.4) is 0 Å². The fourth-order valence-electron chi connectivity index (χ4n) is 1.85. The zero-order chi connectivity index (χ0) is 11.8. The van der Waals surface area contributed by atoms with Crippen LogP contribution in [-0.4, -0.2) is 15.0 Å². The van der Waals surface area contributed by atoms with E-state index in [0.717, 1.165) is 22.2 Å². The van der Waals surface area contributed by atoms with Gasteiger partial charge in [-0.05, 0) is 17.7 Å². The van der Waals surface area contributed by atoms with Crippen LogP contribution in [0, 0.1) is 10.5 Å². The lowest BCUT2D eigenvalue weighted by molar-refractivity contribution is 0.628. The van der Waals surface area contributed by atoms with Crippen molar-refractivity contribution in [1.29, 1.82) is 0 Å². The summed E-state index contributed by atoms with van der Waals surface area (Å²) in [5, 5.41) is 0. The molecule has 2 aromatic heterocycles. The monoisotopic (exact) mass is 245 g/mol. The Hall–Kier alpha value is -2.01. The summed E-state index contributed by atoms with van der Waals surface area (Å²) in [6.45, 7) is 0. The summed E-state index contributed by atoms with van der Waals surface area (Å²) >= 11 is 5.11. The van der Waals surface area contributed by atoms with Crippen LogP contribution >= 0.6 is 12.2 Å². The zero-order valence-electron chi connectivity index (χ0n) is 8.70. The first-order valence-electron chi connectivity index (χ1n) is 5.06. The van der Waals surface area contributed by atoms with Gasteiger partial charge in [0.2, 0.25) is 0 Å². The number of benzene rings is 1. The molecule has 5 heteroatoms. The van der Waals surface area contributed by atoms with Gasteiger partial charge in [0.15, 0.2) is 4.64 Å². The molecule has 0 aliphatic rings. The van der Waals surface area contributed by atoms with Crippen molar-refractivity contribution in [1.82, 2.24) is 15.0 Å². The Morgan fingerprint density at radius 3 is 2.88 bits per heavy atom. The molecular formula is C12H8FN3S. The molecule has 0 fully saturated rings. The second kappa shape index (κ2) is 3.78. The highest BCUT2D eigenvalue weighted by molar-refractivity contribution is 7.71. The van der Waals surface area contributed by atoms with Crippen LogP contribution in [0.25, 0.3) is 22.2 Å². The molecule has 3 rings (SSSR count). The largest absolute Gasteiger partial charge is 0.357 e. The van der Waals surface area contributed by atoms with E-state index in [1.54, 1.807) is 18.6 Å². The van der Waals surface area contributed by atoms with Crippen LogP contribution < -0.4 is 0 Å². The van der Waals surface area contributed by atoms with Crippen LogP contribution in [0.2, 0.25) is 0 Å². The highest BCUT2D eigenvalue weighted by atomic mass is 32.1.